The largest absolute Gasteiger partial charge is 0.481 e. The third kappa shape index (κ3) is 6.27. The molecule has 164 valence electrons. The van der Waals surface area contributed by atoms with E-state index in [1.54, 1.807) is 36.4 Å². The lowest BCUT2D eigenvalue weighted by atomic mass is 10.1. The summed E-state index contributed by atoms with van der Waals surface area (Å²) < 4.78 is 6.99. The Balaban J connectivity index is 1.60. The molecule has 0 aliphatic heterocycles. The molecule has 0 fully saturated rings. The van der Waals surface area contributed by atoms with E-state index in [2.05, 4.69) is 47.7 Å². The van der Waals surface area contributed by atoms with Crippen molar-refractivity contribution in [3.8, 4) is 5.75 Å². The normalized spacial score (nSPS) is 10.8. The number of hydrazone groups is 1. The molecule has 8 heteroatoms. The molecular formula is C24H21Br2N3O3. The zero-order chi connectivity index (χ0) is 23.1. The van der Waals surface area contributed by atoms with Gasteiger partial charge in [-0.15, -0.1) is 0 Å². The Hall–Kier alpha value is -2.97. The molecule has 3 rings (SSSR count). The number of hydrogen-bond donors (Lipinski definition) is 2. The second kappa shape index (κ2) is 11.1. The highest BCUT2D eigenvalue weighted by molar-refractivity contribution is 9.11. The van der Waals surface area contributed by atoms with Crippen molar-refractivity contribution < 1.29 is 14.3 Å². The predicted octanol–water partition coefficient (Wildman–Crippen LogP) is 5.61. The fraction of sp³-hybridized carbons (Fsp3) is 0.125. The highest BCUT2D eigenvalue weighted by Gasteiger charge is 2.12. The summed E-state index contributed by atoms with van der Waals surface area (Å²) in [7, 11) is 0. The zero-order valence-electron chi connectivity index (χ0n) is 17.5. The Morgan fingerprint density at radius 2 is 1.69 bits per heavy atom. The van der Waals surface area contributed by atoms with Crippen LogP contribution in [0.5, 0.6) is 5.75 Å². The molecule has 6 nitrogen and oxygen atoms in total. The summed E-state index contributed by atoms with van der Waals surface area (Å²) >= 11 is 6.92. The van der Waals surface area contributed by atoms with Gasteiger partial charge < -0.3 is 10.1 Å². The lowest BCUT2D eigenvalue weighted by Crippen LogP contribution is -2.21. The monoisotopic (exact) mass is 557 g/mol. The second-order valence-electron chi connectivity index (χ2n) is 6.96. The number of nitrogens with one attached hydrogen (secondary N) is 2. The van der Waals surface area contributed by atoms with Gasteiger partial charge in [-0.2, -0.15) is 5.10 Å². The summed E-state index contributed by atoms with van der Waals surface area (Å²) in [5.74, 6) is -0.0619. The lowest BCUT2D eigenvalue weighted by Gasteiger charge is -2.13. The molecule has 0 bridgehead atoms. The number of amides is 2. The first-order chi connectivity index (χ1) is 15.3. The van der Waals surface area contributed by atoms with Gasteiger partial charge >= 0.3 is 0 Å². The van der Waals surface area contributed by atoms with Crippen molar-refractivity contribution in [2.45, 2.75) is 13.8 Å². The van der Waals surface area contributed by atoms with E-state index >= 15 is 0 Å². The van der Waals surface area contributed by atoms with Crippen LogP contribution in [0.3, 0.4) is 0 Å². The smallest absolute Gasteiger partial charge is 0.271 e. The van der Waals surface area contributed by atoms with Gasteiger partial charge in [-0.25, -0.2) is 5.43 Å². The standard InChI is InChI=1S/C24H21Br2N3O3/c1-15-7-6-10-21(16(15)2)28-22(30)14-32-23-19(25)11-17(12-20(23)26)13-27-29-24(31)18-8-4-3-5-9-18/h3-13H,14H2,1-2H3,(H,28,30)(H,29,31)/b27-13+. The first-order valence-corrected chi connectivity index (χ1v) is 11.3. The number of rotatable bonds is 7. The molecule has 3 aromatic rings. The number of benzene rings is 3. The summed E-state index contributed by atoms with van der Waals surface area (Å²) in [6, 6.07) is 18.1. The van der Waals surface area contributed by atoms with Gasteiger partial charge in [-0.1, -0.05) is 30.3 Å². The number of hydrogen-bond acceptors (Lipinski definition) is 4. The first kappa shape index (κ1) is 23.7. The fourth-order valence-electron chi connectivity index (χ4n) is 2.82. The zero-order valence-corrected chi connectivity index (χ0v) is 20.7. The average molecular weight is 559 g/mol. The van der Waals surface area contributed by atoms with Crippen molar-refractivity contribution in [1.29, 1.82) is 0 Å². The molecule has 0 saturated heterocycles. The van der Waals surface area contributed by atoms with Crippen LogP contribution >= 0.6 is 31.9 Å². The van der Waals surface area contributed by atoms with E-state index in [9.17, 15) is 9.59 Å². The number of aryl methyl sites for hydroxylation is 1. The molecule has 0 aromatic heterocycles. The molecule has 3 aromatic carbocycles. The van der Waals surface area contributed by atoms with E-state index in [0.717, 1.165) is 22.4 Å². The summed E-state index contributed by atoms with van der Waals surface area (Å²) in [5.41, 5.74) is 6.63. The van der Waals surface area contributed by atoms with Crippen LogP contribution in [0.4, 0.5) is 5.69 Å². The molecule has 32 heavy (non-hydrogen) atoms. The first-order valence-electron chi connectivity index (χ1n) is 9.71. The predicted molar refractivity (Wildman–Crippen MR) is 133 cm³/mol. The number of halogens is 2. The van der Waals surface area contributed by atoms with Crippen LogP contribution in [0, 0.1) is 13.8 Å². The molecule has 2 N–H and O–H groups in total. The van der Waals surface area contributed by atoms with Gasteiger partial charge in [0.25, 0.3) is 11.8 Å². The van der Waals surface area contributed by atoms with Crippen LogP contribution in [-0.4, -0.2) is 24.6 Å². The summed E-state index contributed by atoms with van der Waals surface area (Å²) in [6.45, 7) is 3.81. The molecule has 0 aliphatic carbocycles. The molecule has 0 unspecified atom stereocenters. The van der Waals surface area contributed by atoms with Crippen molar-refractivity contribution in [1.82, 2.24) is 5.43 Å². The van der Waals surface area contributed by atoms with Crippen LogP contribution in [0.2, 0.25) is 0 Å². The van der Waals surface area contributed by atoms with E-state index in [1.807, 2.05) is 38.1 Å². The SMILES string of the molecule is Cc1cccc(NC(=O)COc2c(Br)cc(/C=N/NC(=O)c3ccccc3)cc2Br)c1C. The summed E-state index contributed by atoms with van der Waals surface area (Å²) in [5, 5.41) is 6.86. The highest BCUT2D eigenvalue weighted by Crippen LogP contribution is 2.34. The van der Waals surface area contributed by atoms with Gasteiger partial charge in [0.05, 0.1) is 15.2 Å². The van der Waals surface area contributed by atoms with Crippen molar-refractivity contribution in [3.05, 3.63) is 91.9 Å². The summed E-state index contributed by atoms with van der Waals surface area (Å²) in [6.07, 6.45) is 1.52. The molecule has 0 aliphatic rings. The third-order valence-corrected chi connectivity index (χ3v) is 5.84. The van der Waals surface area contributed by atoms with Crippen LogP contribution in [0.15, 0.2) is 74.7 Å². The lowest BCUT2D eigenvalue weighted by molar-refractivity contribution is -0.118. The molecule has 0 spiro atoms. The summed E-state index contributed by atoms with van der Waals surface area (Å²) in [4.78, 5) is 24.4. The number of carbonyl (C=O) groups excluding carboxylic acids is 2. The number of carbonyl (C=O) groups is 2. The van der Waals surface area contributed by atoms with Crippen LogP contribution in [0.1, 0.15) is 27.0 Å². The number of ether oxygens (including phenoxy) is 1. The van der Waals surface area contributed by atoms with Crippen molar-refractivity contribution in [3.63, 3.8) is 0 Å². The average Bonchev–Trinajstić information content (AvgIpc) is 2.77. The second-order valence-corrected chi connectivity index (χ2v) is 8.67. The van der Waals surface area contributed by atoms with Gasteiger partial charge in [-0.3, -0.25) is 9.59 Å². The van der Waals surface area contributed by atoms with Gasteiger partial charge in [-0.05, 0) is 92.7 Å². The Bertz CT molecular complexity index is 1140. The van der Waals surface area contributed by atoms with Gasteiger partial charge in [0.1, 0.15) is 5.75 Å². The maximum Gasteiger partial charge on any atom is 0.271 e. The van der Waals surface area contributed by atoms with Crippen molar-refractivity contribution in [2.75, 3.05) is 11.9 Å². The van der Waals surface area contributed by atoms with E-state index in [-0.39, 0.29) is 18.4 Å². The molecule has 0 saturated carbocycles. The van der Waals surface area contributed by atoms with E-state index < -0.39 is 0 Å². The number of nitrogens with zero attached hydrogens (tertiary/aromatic N) is 1. The quantitative estimate of drug-likeness (QED) is 0.292. The minimum atomic E-state index is -0.296. The van der Waals surface area contributed by atoms with Gasteiger partial charge in [0.2, 0.25) is 0 Å². The maximum atomic E-state index is 12.3. The Morgan fingerprint density at radius 1 is 1.00 bits per heavy atom. The Labute approximate surface area is 203 Å². The third-order valence-electron chi connectivity index (χ3n) is 4.66. The maximum absolute atomic E-state index is 12.3. The van der Waals surface area contributed by atoms with Gasteiger partial charge in [0, 0.05) is 11.3 Å². The molecule has 0 radical (unpaired) electrons. The molecule has 0 atom stereocenters. The Morgan fingerprint density at radius 3 is 2.38 bits per heavy atom. The number of anilines is 1. The van der Waals surface area contributed by atoms with Crippen molar-refractivity contribution in [2.24, 2.45) is 5.10 Å². The van der Waals surface area contributed by atoms with Crippen LogP contribution in [0.25, 0.3) is 0 Å². The fourth-order valence-corrected chi connectivity index (χ4v) is 4.27. The minimum absolute atomic E-state index is 0.148. The molecular weight excluding hydrogens is 538 g/mol. The van der Waals surface area contributed by atoms with E-state index in [4.69, 9.17) is 4.74 Å². The molecule has 0 heterocycles. The van der Waals surface area contributed by atoms with Crippen molar-refractivity contribution >= 4 is 55.6 Å². The van der Waals surface area contributed by atoms with E-state index in [0.29, 0.717) is 20.3 Å². The highest BCUT2D eigenvalue weighted by atomic mass is 79.9. The minimum Gasteiger partial charge on any atom is -0.481 e. The van der Waals surface area contributed by atoms with Crippen LogP contribution in [-0.2, 0) is 4.79 Å². The molecule has 2 amide bonds. The van der Waals surface area contributed by atoms with Crippen LogP contribution < -0.4 is 15.5 Å². The Kier molecular flexibility index (Phi) is 8.19. The topological polar surface area (TPSA) is 79.8 Å². The van der Waals surface area contributed by atoms with E-state index in [1.165, 1.54) is 6.21 Å². The van der Waals surface area contributed by atoms with Gasteiger partial charge in [0.15, 0.2) is 6.61 Å².